The molecular formula is C24H32O7. The lowest BCUT2D eigenvalue weighted by atomic mass is 9.83. The predicted octanol–water partition coefficient (Wildman–Crippen LogP) is 3.57. The molecule has 0 aromatic carbocycles. The molecule has 0 N–H and O–H groups in total. The van der Waals surface area contributed by atoms with E-state index < -0.39 is 29.7 Å². The van der Waals surface area contributed by atoms with Crippen LogP contribution < -0.4 is 0 Å². The molecule has 0 spiro atoms. The van der Waals surface area contributed by atoms with E-state index in [0.29, 0.717) is 18.4 Å². The Hall–Kier alpha value is -2.41. The molecule has 0 aromatic heterocycles. The van der Waals surface area contributed by atoms with Gasteiger partial charge >= 0.3 is 17.9 Å². The summed E-state index contributed by atoms with van der Waals surface area (Å²) < 4.78 is 22.6. The molecule has 0 amide bonds. The topological polar surface area (TPSA) is 91.4 Å². The molecule has 2 aliphatic heterocycles. The number of epoxide rings is 1. The van der Waals surface area contributed by atoms with Crippen molar-refractivity contribution in [3.05, 3.63) is 35.5 Å². The smallest absolute Gasteiger partial charge is 0.334 e. The molecule has 0 bridgehead atoms. The van der Waals surface area contributed by atoms with E-state index >= 15 is 0 Å². The summed E-state index contributed by atoms with van der Waals surface area (Å²) in [5.41, 5.74) is 1.88. The Morgan fingerprint density at radius 3 is 2.61 bits per heavy atom. The van der Waals surface area contributed by atoms with E-state index in [0.717, 1.165) is 24.8 Å². The van der Waals surface area contributed by atoms with Gasteiger partial charge in [-0.05, 0) is 51.5 Å². The molecule has 31 heavy (non-hydrogen) atoms. The van der Waals surface area contributed by atoms with Crippen LogP contribution in [0.1, 0.15) is 59.8 Å². The highest BCUT2D eigenvalue weighted by atomic mass is 16.6. The minimum Gasteiger partial charge on any atom is -0.463 e. The maximum atomic E-state index is 12.4. The molecule has 2 heterocycles. The van der Waals surface area contributed by atoms with Crippen LogP contribution in [-0.2, 0) is 33.3 Å². The summed E-state index contributed by atoms with van der Waals surface area (Å²) >= 11 is 0. The van der Waals surface area contributed by atoms with Gasteiger partial charge in [0.15, 0.2) is 6.10 Å². The molecule has 5 unspecified atom stereocenters. The zero-order chi connectivity index (χ0) is 22.8. The van der Waals surface area contributed by atoms with Crippen molar-refractivity contribution in [1.29, 1.82) is 0 Å². The molecule has 0 radical (unpaired) electrons. The number of carbonyl (C=O) groups excluding carboxylic acids is 3. The number of carbonyl (C=O) groups is 3. The van der Waals surface area contributed by atoms with E-state index in [9.17, 15) is 14.4 Å². The van der Waals surface area contributed by atoms with Crippen molar-refractivity contribution in [3.63, 3.8) is 0 Å². The van der Waals surface area contributed by atoms with Crippen molar-refractivity contribution in [2.45, 2.75) is 83.7 Å². The number of rotatable bonds is 3. The summed E-state index contributed by atoms with van der Waals surface area (Å²) in [5, 5.41) is 0. The normalized spacial score (nSPS) is 33.7. The molecule has 1 aliphatic carbocycles. The third kappa shape index (κ3) is 5.45. The molecule has 3 aliphatic rings. The molecule has 2 fully saturated rings. The molecule has 7 heteroatoms. The number of fused-ring (bicyclic) bond motifs is 2. The number of ether oxygens (including phenoxy) is 4. The Balaban J connectivity index is 1.92. The van der Waals surface area contributed by atoms with Crippen LogP contribution in [-0.4, -0.2) is 48.4 Å². The van der Waals surface area contributed by atoms with Gasteiger partial charge < -0.3 is 18.9 Å². The van der Waals surface area contributed by atoms with E-state index in [1.807, 2.05) is 13.0 Å². The van der Waals surface area contributed by atoms with E-state index in [1.54, 1.807) is 0 Å². The fourth-order valence-electron chi connectivity index (χ4n) is 4.47. The highest BCUT2D eigenvalue weighted by molar-refractivity contribution is 5.91. The Morgan fingerprint density at radius 1 is 1.19 bits per heavy atom. The van der Waals surface area contributed by atoms with E-state index in [2.05, 4.69) is 19.6 Å². The van der Waals surface area contributed by atoms with Crippen LogP contribution >= 0.6 is 0 Å². The van der Waals surface area contributed by atoms with Crippen molar-refractivity contribution in [1.82, 2.24) is 0 Å². The maximum absolute atomic E-state index is 12.4. The van der Waals surface area contributed by atoms with Crippen LogP contribution in [0.2, 0.25) is 0 Å². The lowest BCUT2D eigenvalue weighted by molar-refractivity contribution is -0.157. The van der Waals surface area contributed by atoms with Gasteiger partial charge in [0.25, 0.3) is 0 Å². The summed E-state index contributed by atoms with van der Waals surface area (Å²) in [6.07, 6.45) is 6.35. The van der Waals surface area contributed by atoms with Gasteiger partial charge in [0.05, 0.1) is 6.10 Å². The van der Waals surface area contributed by atoms with Crippen LogP contribution in [0.4, 0.5) is 0 Å². The van der Waals surface area contributed by atoms with Crippen molar-refractivity contribution < 1.29 is 33.3 Å². The minimum atomic E-state index is -0.681. The summed E-state index contributed by atoms with van der Waals surface area (Å²) in [4.78, 5) is 35.6. The summed E-state index contributed by atoms with van der Waals surface area (Å²) in [6, 6.07) is 0. The van der Waals surface area contributed by atoms with Gasteiger partial charge in [-0.15, -0.1) is 0 Å². The van der Waals surface area contributed by atoms with Crippen molar-refractivity contribution in [2.24, 2.45) is 5.92 Å². The highest BCUT2D eigenvalue weighted by Crippen LogP contribution is 2.48. The van der Waals surface area contributed by atoms with Gasteiger partial charge in [0.1, 0.15) is 18.3 Å². The SMILES string of the molecule is C=C1C(=O)OC2C1CC1OC1(COC(C)=O)CCC=C(C)CCC=C(C)C2OC(C)=O. The lowest BCUT2D eigenvalue weighted by Crippen LogP contribution is -2.37. The number of allylic oxidation sites excluding steroid dienone is 3. The largest absolute Gasteiger partial charge is 0.463 e. The first kappa shape index (κ1) is 23.3. The van der Waals surface area contributed by atoms with Crippen LogP contribution in [0, 0.1) is 5.92 Å². The van der Waals surface area contributed by atoms with Crippen LogP contribution in [0.5, 0.6) is 0 Å². The second kappa shape index (κ2) is 9.39. The van der Waals surface area contributed by atoms with Gasteiger partial charge in [-0.2, -0.15) is 0 Å². The van der Waals surface area contributed by atoms with E-state index in [4.69, 9.17) is 18.9 Å². The quantitative estimate of drug-likeness (QED) is 0.221. The average molecular weight is 433 g/mol. The second-order valence-corrected chi connectivity index (χ2v) is 8.79. The van der Waals surface area contributed by atoms with E-state index in [1.165, 1.54) is 19.4 Å². The summed E-state index contributed by atoms with van der Waals surface area (Å²) in [6.45, 7) is 10.8. The second-order valence-electron chi connectivity index (χ2n) is 8.79. The van der Waals surface area contributed by atoms with Gasteiger partial charge in [-0.1, -0.05) is 24.3 Å². The van der Waals surface area contributed by atoms with Gasteiger partial charge in [-0.25, -0.2) is 4.79 Å². The Kier molecular flexibility index (Phi) is 7.04. The number of hydrogen-bond donors (Lipinski definition) is 0. The van der Waals surface area contributed by atoms with Crippen LogP contribution in [0.15, 0.2) is 35.5 Å². The highest BCUT2D eigenvalue weighted by Gasteiger charge is 2.59. The van der Waals surface area contributed by atoms with Gasteiger partial charge in [0, 0.05) is 25.3 Å². The Bertz CT molecular complexity index is 824. The zero-order valence-corrected chi connectivity index (χ0v) is 18.8. The molecule has 5 atom stereocenters. The summed E-state index contributed by atoms with van der Waals surface area (Å²) in [5.74, 6) is -1.63. The number of hydrogen-bond acceptors (Lipinski definition) is 7. The van der Waals surface area contributed by atoms with Gasteiger partial charge in [0.2, 0.25) is 0 Å². The van der Waals surface area contributed by atoms with Crippen molar-refractivity contribution in [3.8, 4) is 0 Å². The van der Waals surface area contributed by atoms with E-state index in [-0.39, 0.29) is 24.6 Å². The molecule has 2 saturated heterocycles. The predicted molar refractivity (Wildman–Crippen MR) is 113 cm³/mol. The summed E-state index contributed by atoms with van der Waals surface area (Å²) in [7, 11) is 0. The standard InChI is InChI=1S/C24H32O7/c1-14-8-6-10-15(2)21(29-18(5)26)22-19(16(3)23(27)30-22)12-20-24(31-20,11-7-9-14)13-28-17(4)25/h9-10,19-22H,3,6-8,11-13H2,1-2,4-5H3. The minimum absolute atomic E-state index is 0.171. The van der Waals surface area contributed by atoms with Gasteiger partial charge in [-0.3, -0.25) is 9.59 Å². The molecule has 170 valence electrons. The van der Waals surface area contributed by atoms with Crippen LogP contribution in [0.25, 0.3) is 0 Å². The lowest BCUT2D eigenvalue weighted by Gasteiger charge is -2.27. The molecule has 7 nitrogen and oxygen atoms in total. The monoisotopic (exact) mass is 432 g/mol. The first-order valence-corrected chi connectivity index (χ1v) is 10.8. The Labute approximate surface area is 183 Å². The third-order valence-electron chi connectivity index (χ3n) is 6.35. The zero-order valence-electron chi connectivity index (χ0n) is 18.8. The first-order chi connectivity index (χ1) is 14.6. The average Bonchev–Trinajstić information content (AvgIpc) is 3.30. The first-order valence-electron chi connectivity index (χ1n) is 10.8. The molecule has 0 aromatic rings. The van der Waals surface area contributed by atoms with Crippen LogP contribution in [0.3, 0.4) is 0 Å². The van der Waals surface area contributed by atoms with Crippen molar-refractivity contribution >= 4 is 17.9 Å². The molecule has 3 rings (SSSR count). The number of esters is 3. The fourth-order valence-corrected chi connectivity index (χ4v) is 4.47. The third-order valence-corrected chi connectivity index (χ3v) is 6.35. The maximum Gasteiger partial charge on any atom is 0.334 e. The molecular weight excluding hydrogens is 400 g/mol. The fraction of sp³-hybridized carbons (Fsp3) is 0.625. The molecule has 0 saturated carbocycles. The Morgan fingerprint density at radius 2 is 1.94 bits per heavy atom. The van der Waals surface area contributed by atoms with Crippen molar-refractivity contribution in [2.75, 3.05) is 6.61 Å².